The molecule has 4 rings (SSSR count). The summed E-state index contributed by atoms with van der Waals surface area (Å²) >= 11 is 1.75. The van der Waals surface area contributed by atoms with Crippen LogP contribution in [0.1, 0.15) is 34.1 Å². The third-order valence-electron chi connectivity index (χ3n) is 4.71. The first-order chi connectivity index (χ1) is 12.3. The predicted octanol–water partition coefficient (Wildman–Crippen LogP) is 3.09. The van der Waals surface area contributed by atoms with Crippen molar-refractivity contribution < 1.29 is 14.3 Å². The van der Waals surface area contributed by atoms with Crippen LogP contribution in [0.2, 0.25) is 0 Å². The second-order valence-electron chi connectivity index (χ2n) is 6.34. The lowest BCUT2D eigenvalue weighted by Gasteiger charge is -2.27. The van der Waals surface area contributed by atoms with Crippen LogP contribution >= 0.6 is 11.3 Å². The highest BCUT2D eigenvalue weighted by Gasteiger charge is 2.25. The first-order valence-electron chi connectivity index (χ1n) is 8.76. The number of thiophene rings is 1. The van der Waals surface area contributed by atoms with Gasteiger partial charge in [-0.3, -0.25) is 9.69 Å². The number of hydrogen-bond acceptors (Lipinski definition) is 5. The number of nitrogens with zero attached hydrogens (tertiary/aromatic N) is 1. The molecule has 5 nitrogen and oxygen atoms in total. The molecule has 1 aromatic carbocycles. The molecular weight excluding hydrogens is 336 g/mol. The van der Waals surface area contributed by atoms with Gasteiger partial charge in [0.1, 0.15) is 13.2 Å². The Morgan fingerprint density at radius 3 is 2.72 bits per heavy atom. The number of amides is 1. The molecule has 25 heavy (non-hydrogen) atoms. The van der Waals surface area contributed by atoms with Crippen molar-refractivity contribution in [2.24, 2.45) is 0 Å². The van der Waals surface area contributed by atoms with Crippen LogP contribution in [0.4, 0.5) is 0 Å². The van der Waals surface area contributed by atoms with Crippen LogP contribution in [0.5, 0.6) is 11.5 Å². The number of fused-ring (bicyclic) bond motifs is 1. The van der Waals surface area contributed by atoms with Crippen molar-refractivity contribution in [2.45, 2.75) is 18.9 Å². The number of rotatable bonds is 5. The lowest BCUT2D eigenvalue weighted by atomic mass is 10.1. The predicted molar refractivity (Wildman–Crippen MR) is 97.6 cm³/mol. The Kier molecular flexibility index (Phi) is 4.90. The Hall–Kier alpha value is -2.05. The lowest BCUT2D eigenvalue weighted by molar-refractivity contribution is 0.0937. The molecule has 1 fully saturated rings. The van der Waals surface area contributed by atoms with Gasteiger partial charge < -0.3 is 14.8 Å². The fourth-order valence-corrected chi connectivity index (χ4v) is 4.28. The van der Waals surface area contributed by atoms with E-state index in [9.17, 15) is 4.79 Å². The van der Waals surface area contributed by atoms with E-state index in [1.165, 1.54) is 17.7 Å². The maximum Gasteiger partial charge on any atom is 0.251 e. The summed E-state index contributed by atoms with van der Waals surface area (Å²) < 4.78 is 11.1. The monoisotopic (exact) mass is 358 g/mol. The molecule has 0 saturated carbocycles. The highest BCUT2D eigenvalue weighted by atomic mass is 32.1. The molecule has 1 saturated heterocycles. The van der Waals surface area contributed by atoms with Crippen molar-refractivity contribution in [1.82, 2.24) is 10.2 Å². The van der Waals surface area contributed by atoms with Gasteiger partial charge in [0.25, 0.3) is 5.91 Å². The first-order valence-corrected chi connectivity index (χ1v) is 9.64. The molecule has 6 heteroatoms. The molecule has 1 atom stereocenters. The Balaban J connectivity index is 1.44. The van der Waals surface area contributed by atoms with Crippen molar-refractivity contribution >= 4 is 17.2 Å². The second kappa shape index (κ2) is 7.45. The molecule has 0 bridgehead atoms. The van der Waals surface area contributed by atoms with Crippen molar-refractivity contribution in [1.29, 1.82) is 0 Å². The number of hydrogen-bond donors (Lipinski definition) is 1. The number of carbonyl (C=O) groups excluding carboxylic acids is 1. The topological polar surface area (TPSA) is 50.8 Å². The fraction of sp³-hybridized carbons (Fsp3) is 0.421. The molecule has 2 aliphatic rings. The molecule has 3 heterocycles. The van der Waals surface area contributed by atoms with E-state index >= 15 is 0 Å². The smallest absolute Gasteiger partial charge is 0.251 e. The standard InChI is InChI=1S/C19H22N2O3S/c22-19(14-5-6-16-17(12-14)24-10-9-23-16)20-13-15(18-4-3-11-25-18)21-7-1-2-8-21/h3-6,11-12,15H,1-2,7-10,13H2,(H,20,22). The van der Waals surface area contributed by atoms with E-state index in [4.69, 9.17) is 9.47 Å². The molecule has 0 spiro atoms. The minimum absolute atomic E-state index is 0.0715. The highest BCUT2D eigenvalue weighted by molar-refractivity contribution is 7.10. The van der Waals surface area contributed by atoms with E-state index in [-0.39, 0.29) is 11.9 Å². The largest absolute Gasteiger partial charge is 0.486 e. The zero-order valence-electron chi connectivity index (χ0n) is 14.1. The molecule has 1 amide bonds. The average molecular weight is 358 g/mol. The summed E-state index contributed by atoms with van der Waals surface area (Å²) in [6.45, 7) is 3.89. The van der Waals surface area contributed by atoms with Gasteiger partial charge in [-0.05, 0) is 55.6 Å². The molecule has 1 N–H and O–H groups in total. The van der Waals surface area contributed by atoms with Crippen molar-refractivity contribution in [2.75, 3.05) is 32.8 Å². The maximum atomic E-state index is 12.6. The van der Waals surface area contributed by atoms with E-state index in [2.05, 4.69) is 27.7 Å². The summed E-state index contributed by atoms with van der Waals surface area (Å²) in [5.74, 6) is 1.28. The summed E-state index contributed by atoms with van der Waals surface area (Å²) in [7, 11) is 0. The summed E-state index contributed by atoms with van der Waals surface area (Å²) in [5.41, 5.74) is 0.607. The van der Waals surface area contributed by atoms with E-state index in [1.54, 1.807) is 29.5 Å². The first kappa shape index (κ1) is 16.4. The summed E-state index contributed by atoms with van der Waals surface area (Å²) in [6, 6.07) is 9.85. The normalized spacial score (nSPS) is 18.1. The van der Waals surface area contributed by atoms with Crippen molar-refractivity contribution in [3.8, 4) is 11.5 Å². The van der Waals surface area contributed by atoms with E-state index < -0.39 is 0 Å². The number of nitrogens with one attached hydrogen (secondary N) is 1. The average Bonchev–Trinajstić information content (AvgIpc) is 3.36. The van der Waals surface area contributed by atoms with Gasteiger partial charge in [0, 0.05) is 17.0 Å². The second-order valence-corrected chi connectivity index (χ2v) is 7.32. The maximum absolute atomic E-state index is 12.6. The number of carbonyl (C=O) groups is 1. The minimum atomic E-state index is -0.0715. The third kappa shape index (κ3) is 3.65. The van der Waals surface area contributed by atoms with Crippen LogP contribution in [0.15, 0.2) is 35.7 Å². The van der Waals surface area contributed by atoms with Crippen LogP contribution in [0.25, 0.3) is 0 Å². The quantitative estimate of drug-likeness (QED) is 0.892. The van der Waals surface area contributed by atoms with Crippen LogP contribution in [0.3, 0.4) is 0 Å². The molecule has 2 aliphatic heterocycles. The van der Waals surface area contributed by atoms with Gasteiger partial charge in [0.05, 0.1) is 6.04 Å². The summed E-state index contributed by atoms with van der Waals surface area (Å²) in [5, 5.41) is 5.20. The number of likely N-dealkylation sites (tertiary alicyclic amines) is 1. The zero-order chi connectivity index (χ0) is 17.1. The zero-order valence-corrected chi connectivity index (χ0v) is 14.9. The molecule has 132 valence electrons. The van der Waals surface area contributed by atoms with Crippen LogP contribution in [-0.4, -0.2) is 43.7 Å². The van der Waals surface area contributed by atoms with Crippen molar-refractivity contribution in [3.05, 3.63) is 46.2 Å². The van der Waals surface area contributed by atoms with Crippen LogP contribution < -0.4 is 14.8 Å². The molecule has 0 aliphatic carbocycles. The number of ether oxygens (including phenoxy) is 2. The molecule has 2 aromatic rings. The minimum Gasteiger partial charge on any atom is -0.486 e. The summed E-state index contributed by atoms with van der Waals surface area (Å²) in [6.07, 6.45) is 2.47. The van der Waals surface area contributed by atoms with Crippen molar-refractivity contribution in [3.63, 3.8) is 0 Å². The lowest BCUT2D eigenvalue weighted by Crippen LogP contribution is -2.36. The third-order valence-corrected chi connectivity index (χ3v) is 5.69. The van der Waals surface area contributed by atoms with Crippen LogP contribution in [0, 0.1) is 0 Å². The van der Waals surface area contributed by atoms with Gasteiger partial charge in [0.2, 0.25) is 0 Å². The molecular formula is C19H22N2O3S. The van der Waals surface area contributed by atoms with E-state index in [0.717, 1.165) is 13.1 Å². The fourth-order valence-electron chi connectivity index (χ4n) is 3.42. The van der Waals surface area contributed by atoms with E-state index in [1.807, 2.05) is 0 Å². The molecule has 0 radical (unpaired) electrons. The van der Waals surface area contributed by atoms with Gasteiger partial charge in [-0.15, -0.1) is 11.3 Å². The Bertz CT molecular complexity index is 726. The SMILES string of the molecule is O=C(NCC(c1cccs1)N1CCCC1)c1ccc2c(c1)OCCO2. The number of benzene rings is 1. The van der Waals surface area contributed by atoms with Gasteiger partial charge in [-0.1, -0.05) is 6.07 Å². The van der Waals surface area contributed by atoms with E-state index in [0.29, 0.717) is 36.8 Å². The van der Waals surface area contributed by atoms with Gasteiger partial charge >= 0.3 is 0 Å². The Morgan fingerprint density at radius 2 is 1.96 bits per heavy atom. The Morgan fingerprint density at radius 1 is 1.16 bits per heavy atom. The molecule has 1 aromatic heterocycles. The van der Waals surface area contributed by atoms with Crippen LogP contribution in [-0.2, 0) is 0 Å². The van der Waals surface area contributed by atoms with Gasteiger partial charge in [-0.2, -0.15) is 0 Å². The highest BCUT2D eigenvalue weighted by Crippen LogP contribution is 2.31. The van der Waals surface area contributed by atoms with Gasteiger partial charge in [0.15, 0.2) is 11.5 Å². The Labute approximate surface area is 151 Å². The van der Waals surface area contributed by atoms with Gasteiger partial charge in [-0.25, -0.2) is 0 Å². The summed E-state index contributed by atoms with van der Waals surface area (Å²) in [4.78, 5) is 16.4. The molecule has 1 unspecified atom stereocenters.